The molecule has 1 unspecified atom stereocenters. The molecule has 1 saturated carbocycles. The van der Waals surface area contributed by atoms with Gasteiger partial charge in [0.1, 0.15) is 23.1 Å². The first-order chi connectivity index (χ1) is 13.1. The van der Waals surface area contributed by atoms with Crippen LogP contribution in [0, 0.1) is 26.7 Å². The molecule has 1 aliphatic rings. The van der Waals surface area contributed by atoms with Crippen LogP contribution in [0.3, 0.4) is 0 Å². The highest BCUT2D eigenvalue weighted by Gasteiger charge is 2.49. The second-order valence-electron chi connectivity index (χ2n) is 7.07. The number of hydrogen-bond donors (Lipinski definition) is 1. The number of halogens is 3. The molecule has 3 heterocycles. The first-order valence-corrected chi connectivity index (χ1v) is 8.82. The summed E-state index contributed by atoms with van der Waals surface area (Å²) in [5.41, 5.74) is 1.85. The van der Waals surface area contributed by atoms with E-state index in [0.29, 0.717) is 35.7 Å². The van der Waals surface area contributed by atoms with Gasteiger partial charge in [0.05, 0.1) is 11.9 Å². The first kappa shape index (κ1) is 18.5. The molecule has 10 heteroatoms. The smallest absolute Gasteiger partial charge is 0.408 e. The molecule has 1 N–H and O–H groups in total. The van der Waals surface area contributed by atoms with Gasteiger partial charge >= 0.3 is 6.18 Å². The Morgan fingerprint density at radius 2 is 2.00 bits per heavy atom. The lowest BCUT2D eigenvalue weighted by Crippen LogP contribution is -2.46. The Balaban J connectivity index is 1.72. The van der Waals surface area contributed by atoms with Crippen LogP contribution >= 0.6 is 0 Å². The molecule has 0 spiro atoms. The van der Waals surface area contributed by atoms with Crippen LogP contribution in [0.15, 0.2) is 16.7 Å². The third-order valence-electron chi connectivity index (χ3n) is 4.87. The van der Waals surface area contributed by atoms with Crippen molar-refractivity contribution >= 4 is 11.6 Å². The average molecular weight is 393 g/mol. The molecule has 0 bridgehead atoms. The summed E-state index contributed by atoms with van der Waals surface area (Å²) < 4.78 is 46.7. The second-order valence-corrected chi connectivity index (χ2v) is 7.07. The van der Waals surface area contributed by atoms with E-state index in [1.54, 1.807) is 26.8 Å². The number of hydrogen-bond acceptors (Lipinski definition) is 5. The quantitative estimate of drug-likeness (QED) is 0.735. The summed E-state index contributed by atoms with van der Waals surface area (Å²) in [4.78, 5) is 21.2. The maximum absolute atomic E-state index is 13.2. The molecule has 0 aliphatic heterocycles. The zero-order chi connectivity index (χ0) is 20.2. The van der Waals surface area contributed by atoms with Gasteiger partial charge < -0.3 is 9.73 Å². The van der Waals surface area contributed by atoms with Gasteiger partial charge in [-0.1, -0.05) is 0 Å². The lowest BCUT2D eigenvalue weighted by molar-refractivity contribution is -0.158. The fraction of sp³-hybridized carbons (Fsp3) is 0.444. The number of nitrogens with one attached hydrogen (secondary N) is 1. The van der Waals surface area contributed by atoms with Gasteiger partial charge in [-0.15, -0.1) is 0 Å². The SMILES string of the molecule is Cc1nc(-c2cc(C)n3ncc(C(=O)NC(C4CC4)C(F)(F)F)c3n2)oc1C. The van der Waals surface area contributed by atoms with Gasteiger partial charge in [0, 0.05) is 5.69 Å². The number of alkyl halides is 3. The maximum Gasteiger partial charge on any atom is 0.408 e. The molecule has 0 aromatic carbocycles. The number of amides is 1. The van der Waals surface area contributed by atoms with Crippen LogP contribution < -0.4 is 5.32 Å². The molecule has 1 aliphatic carbocycles. The largest absolute Gasteiger partial charge is 0.440 e. The first-order valence-electron chi connectivity index (χ1n) is 8.82. The predicted molar refractivity (Wildman–Crippen MR) is 92.7 cm³/mol. The van der Waals surface area contributed by atoms with Crippen LogP contribution in [0.2, 0.25) is 0 Å². The van der Waals surface area contributed by atoms with E-state index in [0.717, 1.165) is 0 Å². The highest BCUT2D eigenvalue weighted by atomic mass is 19.4. The molecular weight excluding hydrogens is 375 g/mol. The van der Waals surface area contributed by atoms with E-state index in [1.807, 2.05) is 0 Å². The van der Waals surface area contributed by atoms with Crippen LogP contribution in [-0.2, 0) is 0 Å². The Morgan fingerprint density at radius 1 is 1.29 bits per heavy atom. The fourth-order valence-electron chi connectivity index (χ4n) is 3.08. The Kier molecular flexibility index (Phi) is 4.16. The summed E-state index contributed by atoms with van der Waals surface area (Å²) in [7, 11) is 0. The van der Waals surface area contributed by atoms with E-state index >= 15 is 0 Å². The Hall–Kier alpha value is -2.91. The van der Waals surface area contributed by atoms with E-state index in [4.69, 9.17) is 4.42 Å². The number of nitrogens with zero attached hydrogens (tertiary/aromatic N) is 4. The normalized spacial score (nSPS) is 15.8. The van der Waals surface area contributed by atoms with E-state index < -0.39 is 24.0 Å². The predicted octanol–water partition coefficient (Wildman–Crippen LogP) is 3.38. The summed E-state index contributed by atoms with van der Waals surface area (Å²) in [5, 5.41) is 6.20. The topological polar surface area (TPSA) is 85.3 Å². The van der Waals surface area contributed by atoms with Crippen molar-refractivity contribution in [3.63, 3.8) is 0 Å². The molecule has 1 fully saturated rings. The van der Waals surface area contributed by atoms with Crippen molar-refractivity contribution in [3.05, 3.63) is 35.0 Å². The fourth-order valence-corrected chi connectivity index (χ4v) is 3.08. The summed E-state index contributed by atoms with van der Waals surface area (Å²) in [6.07, 6.45) is -2.38. The zero-order valence-corrected chi connectivity index (χ0v) is 15.5. The number of fused-ring (bicyclic) bond motifs is 1. The highest BCUT2D eigenvalue weighted by Crippen LogP contribution is 2.40. The minimum absolute atomic E-state index is 0.0279. The van der Waals surface area contributed by atoms with E-state index in [1.165, 1.54) is 10.7 Å². The van der Waals surface area contributed by atoms with Crippen molar-refractivity contribution in [1.82, 2.24) is 24.9 Å². The third kappa shape index (κ3) is 3.23. The summed E-state index contributed by atoms with van der Waals surface area (Å²) >= 11 is 0. The molecule has 7 nitrogen and oxygen atoms in total. The number of carbonyl (C=O) groups excluding carboxylic acids is 1. The van der Waals surface area contributed by atoms with Crippen molar-refractivity contribution < 1.29 is 22.4 Å². The maximum atomic E-state index is 13.2. The third-order valence-corrected chi connectivity index (χ3v) is 4.87. The van der Waals surface area contributed by atoms with Crippen LogP contribution in [-0.4, -0.2) is 37.7 Å². The Labute approximate surface area is 158 Å². The number of carbonyl (C=O) groups is 1. The molecule has 1 atom stereocenters. The van der Waals surface area contributed by atoms with Gasteiger partial charge in [0.2, 0.25) is 5.89 Å². The average Bonchev–Trinajstić information content (AvgIpc) is 3.25. The number of rotatable bonds is 4. The standard InChI is InChI=1S/C18H18F3N5O2/c1-8-6-13(17-23-9(2)10(3)28-17)24-15-12(7-22-26(8)15)16(27)25-14(11-4-5-11)18(19,20)21/h6-7,11,14H,4-5H2,1-3H3,(H,25,27). The molecule has 148 valence electrons. The molecule has 3 aromatic heterocycles. The van der Waals surface area contributed by atoms with Crippen molar-refractivity contribution in [3.8, 4) is 11.6 Å². The van der Waals surface area contributed by atoms with Crippen LogP contribution in [0.25, 0.3) is 17.2 Å². The lowest BCUT2D eigenvalue weighted by Gasteiger charge is -2.20. The van der Waals surface area contributed by atoms with E-state index in [2.05, 4.69) is 20.4 Å². The van der Waals surface area contributed by atoms with E-state index in [9.17, 15) is 18.0 Å². The molecule has 28 heavy (non-hydrogen) atoms. The van der Waals surface area contributed by atoms with Gasteiger partial charge in [-0.2, -0.15) is 18.3 Å². The molecule has 3 aromatic rings. The molecule has 1 amide bonds. The monoisotopic (exact) mass is 393 g/mol. The summed E-state index contributed by atoms with van der Waals surface area (Å²) in [5.74, 6) is -0.514. The van der Waals surface area contributed by atoms with Crippen molar-refractivity contribution in [2.45, 2.75) is 45.8 Å². The molecule has 4 rings (SSSR count). The van der Waals surface area contributed by atoms with E-state index in [-0.39, 0.29) is 17.1 Å². The molecule has 0 saturated heterocycles. The van der Waals surface area contributed by atoms with Gasteiger partial charge in [0.15, 0.2) is 5.65 Å². The Morgan fingerprint density at radius 3 is 2.57 bits per heavy atom. The number of aromatic nitrogens is 4. The van der Waals surface area contributed by atoms with Crippen molar-refractivity contribution in [2.75, 3.05) is 0 Å². The van der Waals surface area contributed by atoms with Crippen LogP contribution in [0.4, 0.5) is 13.2 Å². The second kappa shape index (κ2) is 6.32. The minimum Gasteiger partial charge on any atom is -0.440 e. The van der Waals surface area contributed by atoms with Gasteiger partial charge in [-0.3, -0.25) is 4.79 Å². The van der Waals surface area contributed by atoms with Crippen molar-refractivity contribution in [1.29, 1.82) is 0 Å². The lowest BCUT2D eigenvalue weighted by atomic mass is 10.1. The van der Waals surface area contributed by atoms with Crippen LogP contribution in [0.5, 0.6) is 0 Å². The van der Waals surface area contributed by atoms with Gasteiger partial charge in [0.25, 0.3) is 5.91 Å². The zero-order valence-electron chi connectivity index (χ0n) is 15.5. The minimum atomic E-state index is -4.50. The van der Waals surface area contributed by atoms with Gasteiger partial charge in [-0.05, 0) is 45.6 Å². The van der Waals surface area contributed by atoms with Crippen LogP contribution in [0.1, 0.15) is 40.3 Å². The Bertz CT molecular complexity index is 1050. The summed E-state index contributed by atoms with van der Waals surface area (Å²) in [6.45, 7) is 5.31. The summed E-state index contributed by atoms with van der Waals surface area (Å²) in [6, 6.07) is -0.175. The molecule has 0 radical (unpaired) electrons. The highest BCUT2D eigenvalue weighted by molar-refractivity contribution is 6.00. The van der Waals surface area contributed by atoms with Crippen molar-refractivity contribution in [2.24, 2.45) is 5.92 Å². The molecular formula is C18H18F3N5O2. The number of oxazole rings is 1. The number of aryl methyl sites for hydroxylation is 3. The van der Waals surface area contributed by atoms with Gasteiger partial charge in [-0.25, -0.2) is 14.5 Å².